The lowest BCUT2D eigenvalue weighted by atomic mass is 10.2. The van der Waals surface area contributed by atoms with Gasteiger partial charge < -0.3 is 10.6 Å². The Balaban J connectivity index is 0.00000192. The second kappa shape index (κ2) is 8.58. The van der Waals surface area contributed by atoms with Gasteiger partial charge in [0.05, 0.1) is 17.9 Å². The third kappa shape index (κ3) is 4.63. The molecule has 2 N–H and O–H groups in total. The Kier molecular flexibility index (Phi) is 6.76. The minimum absolute atomic E-state index is 0. The average Bonchev–Trinajstić information content (AvgIpc) is 2.95. The van der Waals surface area contributed by atoms with Crippen LogP contribution in [0.1, 0.15) is 11.3 Å². The van der Waals surface area contributed by atoms with Gasteiger partial charge in [0.2, 0.25) is 0 Å². The van der Waals surface area contributed by atoms with E-state index in [1.807, 2.05) is 59.9 Å². The molecule has 0 atom stereocenters. The largest absolute Gasteiger partial charge is 0.370 e. The van der Waals surface area contributed by atoms with Crippen molar-refractivity contribution < 1.29 is 0 Å². The summed E-state index contributed by atoms with van der Waals surface area (Å²) in [4.78, 5) is 6.70. The quantitative estimate of drug-likeness (QED) is 0.450. The van der Waals surface area contributed by atoms with E-state index >= 15 is 0 Å². The Morgan fingerprint density at radius 2 is 1.96 bits per heavy atom. The summed E-state index contributed by atoms with van der Waals surface area (Å²) in [6.45, 7) is 4.57. The number of rotatable bonds is 3. The zero-order valence-corrected chi connectivity index (χ0v) is 16.3. The molecule has 0 bridgehead atoms. The maximum atomic E-state index is 6.10. The van der Waals surface area contributed by atoms with Crippen molar-refractivity contribution in [2.75, 3.05) is 24.6 Å². The van der Waals surface area contributed by atoms with E-state index in [0.717, 1.165) is 41.5 Å². The number of guanidine groups is 1. The van der Waals surface area contributed by atoms with Crippen LogP contribution in [0.4, 0.5) is 0 Å². The third-order valence-corrected chi connectivity index (χ3v) is 4.71. The van der Waals surface area contributed by atoms with Crippen LogP contribution >= 0.6 is 35.7 Å². The molecular formula is C16H22IN5S. The fraction of sp³-hybridized carbons (Fsp3) is 0.375. The van der Waals surface area contributed by atoms with Crippen molar-refractivity contribution in [3.05, 3.63) is 47.8 Å². The number of nitrogens with two attached hydrogens (primary N) is 1. The van der Waals surface area contributed by atoms with Crippen molar-refractivity contribution in [2.45, 2.75) is 13.5 Å². The number of hydrogen-bond acceptors (Lipinski definition) is 3. The molecule has 1 aromatic carbocycles. The summed E-state index contributed by atoms with van der Waals surface area (Å²) in [7, 11) is 0. The number of benzene rings is 1. The number of thioether (sulfide) groups is 1. The summed E-state index contributed by atoms with van der Waals surface area (Å²) in [6.07, 6.45) is 2.04. The van der Waals surface area contributed by atoms with Crippen molar-refractivity contribution in [3.63, 3.8) is 0 Å². The normalized spacial score (nSPS) is 15.3. The number of aryl methyl sites for hydroxylation is 1. The molecule has 0 amide bonds. The van der Waals surface area contributed by atoms with Crippen molar-refractivity contribution in [1.29, 1.82) is 0 Å². The molecule has 0 unspecified atom stereocenters. The highest BCUT2D eigenvalue weighted by Crippen LogP contribution is 2.13. The molecule has 0 radical (unpaired) electrons. The Bertz CT molecular complexity index is 650. The molecule has 1 fully saturated rings. The van der Waals surface area contributed by atoms with Crippen molar-refractivity contribution >= 4 is 41.7 Å². The number of para-hydroxylation sites is 1. The van der Waals surface area contributed by atoms with Crippen molar-refractivity contribution in [1.82, 2.24) is 14.7 Å². The lowest BCUT2D eigenvalue weighted by Crippen LogP contribution is -2.42. The first-order valence-corrected chi connectivity index (χ1v) is 8.62. The van der Waals surface area contributed by atoms with Crippen LogP contribution in [0.5, 0.6) is 0 Å². The zero-order valence-electron chi connectivity index (χ0n) is 13.2. The minimum Gasteiger partial charge on any atom is -0.370 e. The van der Waals surface area contributed by atoms with E-state index in [-0.39, 0.29) is 24.0 Å². The van der Waals surface area contributed by atoms with E-state index in [2.05, 4.69) is 15.0 Å². The molecule has 5 nitrogen and oxygen atoms in total. The van der Waals surface area contributed by atoms with E-state index in [4.69, 9.17) is 5.73 Å². The highest BCUT2D eigenvalue weighted by Gasteiger charge is 2.12. The van der Waals surface area contributed by atoms with Gasteiger partial charge in [0, 0.05) is 36.4 Å². The SMILES string of the molecule is Cc1nn(-c2ccccc2)cc1CN=C(N)N1CCSCC1.I. The van der Waals surface area contributed by atoms with Crippen LogP contribution in [0, 0.1) is 6.92 Å². The van der Waals surface area contributed by atoms with Gasteiger partial charge in [-0.3, -0.25) is 0 Å². The first-order valence-electron chi connectivity index (χ1n) is 7.47. The molecule has 0 saturated carbocycles. The summed E-state index contributed by atoms with van der Waals surface area (Å²) in [5, 5.41) is 4.56. The number of aliphatic imine (C=N–C) groups is 1. The summed E-state index contributed by atoms with van der Waals surface area (Å²) in [5.74, 6) is 2.90. The predicted molar refractivity (Wildman–Crippen MR) is 108 cm³/mol. The van der Waals surface area contributed by atoms with Crippen molar-refractivity contribution in [3.8, 4) is 5.69 Å². The smallest absolute Gasteiger partial charge is 0.191 e. The van der Waals surface area contributed by atoms with Crippen molar-refractivity contribution in [2.24, 2.45) is 10.7 Å². The fourth-order valence-electron chi connectivity index (χ4n) is 2.42. The summed E-state index contributed by atoms with van der Waals surface area (Å²) < 4.78 is 1.90. The molecule has 0 aliphatic carbocycles. The Labute approximate surface area is 158 Å². The van der Waals surface area contributed by atoms with Crippen LogP contribution in [-0.2, 0) is 6.54 Å². The summed E-state index contributed by atoms with van der Waals surface area (Å²) in [5.41, 5.74) is 9.27. The molecule has 1 aliphatic rings. The van der Waals surface area contributed by atoms with Gasteiger partial charge in [0.1, 0.15) is 0 Å². The van der Waals surface area contributed by atoms with Crippen LogP contribution in [0.2, 0.25) is 0 Å². The first kappa shape index (κ1) is 18.1. The van der Waals surface area contributed by atoms with E-state index in [0.29, 0.717) is 12.5 Å². The predicted octanol–water partition coefficient (Wildman–Crippen LogP) is 2.66. The molecule has 23 heavy (non-hydrogen) atoms. The molecule has 7 heteroatoms. The van der Waals surface area contributed by atoms with Crippen LogP contribution in [-0.4, -0.2) is 45.2 Å². The van der Waals surface area contributed by atoms with Crippen LogP contribution in [0.15, 0.2) is 41.5 Å². The standard InChI is InChI=1S/C16H21N5S.HI/c1-13-14(11-18-16(17)20-7-9-22-10-8-20)12-21(19-13)15-5-3-2-4-6-15;/h2-6,12H,7-11H2,1H3,(H2,17,18);1H. The van der Waals surface area contributed by atoms with Crippen LogP contribution in [0.25, 0.3) is 5.69 Å². The lowest BCUT2D eigenvalue weighted by Gasteiger charge is -2.27. The molecule has 1 aromatic heterocycles. The van der Waals surface area contributed by atoms with Crippen LogP contribution < -0.4 is 5.73 Å². The van der Waals surface area contributed by atoms with Gasteiger partial charge in [-0.25, -0.2) is 9.67 Å². The monoisotopic (exact) mass is 443 g/mol. The molecular weight excluding hydrogens is 421 g/mol. The second-order valence-corrected chi connectivity index (χ2v) is 6.52. The van der Waals surface area contributed by atoms with Gasteiger partial charge in [-0.1, -0.05) is 18.2 Å². The second-order valence-electron chi connectivity index (χ2n) is 5.29. The molecule has 124 valence electrons. The fourth-order valence-corrected chi connectivity index (χ4v) is 3.33. The van der Waals surface area contributed by atoms with Gasteiger partial charge in [0.25, 0.3) is 0 Å². The Morgan fingerprint density at radius 3 is 2.65 bits per heavy atom. The van der Waals surface area contributed by atoms with Gasteiger partial charge in [-0.2, -0.15) is 16.9 Å². The highest BCUT2D eigenvalue weighted by molar-refractivity contribution is 14.0. The molecule has 3 rings (SSSR count). The first-order chi connectivity index (χ1) is 10.7. The molecule has 0 spiro atoms. The number of aromatic nitrogens is 2. The topological polar surface area (TPSA) is 59.4 Å². The third-order valence-electron chi connectivity index (χ3n) is 3.77. The summed E-state index contributed by atoms with van der Waals surface area (Å²) >= 11 is 1.97. The van der Waals surface area contributed by atoms with Crippen LogP contribution in [0.3, 0.4) is 0 Å². The van der Waals surface area contributed by atoms with Gasteiger partial charge >= 0.3 is 0 Å². The van der Waals surface area contributed by atoms with Gasteiger partial charge in [-0.05, 0) is 19.1 Å². The molecule has 1 saturated heterocycles. The van der Waals surface area contributed by atoms with Gasteiger partial charge in [-0.15, -0.1) is 24.0 Å². The molecule has 2 heterocycles. The van der Waals surface area contributed by atoms with E-state index in [9.17, 15) is 0 Å². The molecule has 1 aliphatic heterocycles. The minimum atomic E-state index is 0. The molecule has 2 aromatic rings. The highest BCUT2D eigenvalue weighted by atomic mass is 127. The maximum absolute atomic E-state index is 6.10. The van der Waals surface area contributed by atoms with E-state index in [1.165, 1.54) is 0 Å². The Hall–Kier alpha value is -1.22. The van der Waals surface area contributed by atoms with E-state index < -0.39 is 0 Å². The van der Waals surface area contributed by atoms with Gasteiger partial charge in [0.15, 0.2) is 5.96 Å². The average molecular weight is 443 g/mol. The lowest BCUT2D eigenvalue weighted by molar-refractivity contribution is 0.455. The summed E-state index contributed by atoms with van der Waals surface area (Å²) in [6, 6.07) is 10.1. The number of hydrogen-bond donors (Lipinski definition) is 1. The zero-order chi connectivity index (χ0) is 15.4. The Morgan fingerprint density at radius 1 is 1.26 bits per heavy atom. The number of nitrogens with zero attached hydrogens (tertiary/aromatic N) is 4. The van der Waals surface area contributed by atoms with E-state index in [1.54, 1.807) is 0 Å². The number of halogens is 1. The maximum Gasteiger partial charge on any atom is 0.191 e.